The van der Waals surface area contributed by atoms with Crippen LogP contribution in [0.4, 0.5) is 0 Å². The van der Waals surface area contributed by atoms with E-state index in [0.29, 0.717) is 12.0 Å². The number of carbonyl (C=O) groups excluding carboxylic acids is 2. The van der Waals surface area contributed by atoms with Crippen molar-refractivity contribution in [1.82, 2.24) is 5.32 Å². The smallest absolute Gasteiger partial charge is 0.265 e. The van der Waals surface area contributed by atoms with E-state index in [0.717, 1.165) is 0 Å². The molecule has 2 atom stereocenters. The van der Waals surface area contributed by atoms with Crippen molar-refractivity contribution < 1.29 is 19.8 Å². The van der Waals surface area contributed by atoms with Crippen molar-refractivity contribution in [3.8, 4) is 0 Å². The highest BCUT2D eigenvalue weighted by Gasteiger charge is 2.50. The molecule has 0 radical (unpaired) electrons. The Bertz CT molecular complexity index is 419. The molecule has 0 saturated carbocycles. The summed E-state index contributed by atoms with van der Waals surface area (Å²) in [4.78, 5) is 23.6. The average molecular weight is 253 g/mol. The lowest BCUT2D eigenvalue weighted by molar-refractivity contribution is -0.144. The molecule has 0 aliphatic carbocycles. The van der Waals surface area contributed by atoms with Gasteiger partial charge in [-0.1, -0.05) is 12.2 Å². The highest BCUT2D eigenvalue weighted by molar-refractivity contribution is 6.23. The SMILES string of the molecule is CC(C)=C1NC(=O)[C@@](O)(C/C=C\C[C@@H](C)O)C1=O. The number of Topliss-reactive ketones (excluding diaryl/α,β-unsaturated/α-hetero) is 1. The van der Waals surface area contributed by atoms with Crippen LogP contribution in [0.15, 0.2) is 23.4 Å². The van der Waals surface area contributed by atoms with Crippen molar-refractivity contribution in [1.29, 1.82) is 0 Å². The van der Waals surface area contributed by atoms with Crippen molar-refractivity contribution in [2.24, 2.45) is 0 Å². The molecule has 1 saturated heterocycles. The molecule has 0 aromatic carbocycles. The molecule has 1 aliphatic rings. The molecule has 100 valence electrons. The molecule has 18 heavy (non-hydrogen) atoms. The van der Waals surface area contributed by atoms with Gasteiger partial charge in [-0.2, -0.15) is 0 Å². The lowest BCUT2D eigenvalue weighted by Gasteiger charge is -2.14. The second-order valence-electron chi connectivity index (χ2n) is 4.78. The molecule has 1 rings (SSSR count). The maximum absolute atomic E-state index is 11.9. The number of nitrogens with one attached hydrogen (secondary N) is 1. The molecule has 5 heteroatoms. The zero-order valence-electron chi connectivity index (χ0n) is 10.9. The minimum absolute atomic E-state index is 0.0822. The van der Waals surface area contributed by atoms with Crippen LogP contribution in [0.5, 0.6) is 0 Å². The van der Waals surface area contributed by atoms with Crippen molar-refractivity contribution in [3.05, 3.63) is 23.4 Å². The second-order valence-corrected chi connectivity index (χ2v) is 4.78. The van der Waals surface area contributed by atoms with Crippen LogP contribution >= 0.6 is 0 Å². The molecule has 0 spiro atoms. The number of carbonyl (C=O) groups is 2. The summed E-state index contributed by atoms with van der Waals surface area (Å²) in [6.07, 6.45) is 3.03. The summed E-state index contributed by atoms with van der Waals surface area (Å²) in [5.41, 5.74) is -1.18. The van der Waals surface area contributed by atoms with E-state index in [-0.39, 0.29) is 12.1 Å². The van der Waals surface area contributed by atoms with Crippen LogP contribution < -0.4 is 5.32 Å². The van der Waals surface area contributed by atoms with Gasteiger partial charge in [0.05, 0.1) is 11.8 Å². The number of allylic oxidation sites excluding steroid dienone is 1. The third kappa shape index (κ3) is 2.86. The standard InChI is InChI=1S/C13H19NO4/c1-8(2)10-11(16)13(18,12(17)14-10)7-5-4-6-9(3)15/h4-5,9,15,18H,6-7H2,1-3H3,(H,14,17)/b5-4-/t9-,13-/m1/s1. The average Bonchev–Trinajstić information content (AvgIpc) is 2.49. The maximum atomic E-state index is 11.9. The quantitative estimate of drug-likeness (QED) is 0.385. The lowest BCUT2D eigenvalue weighted by atomic mass is 9.94. The molecular formula is C13H19NO4. The third-order valence-electron chi connectivity index (χ3n) is 2.77. The minimum atomic E-state index is -2.01. The summed E-state index contributed by atoms with van der Waals surface area (Å²) in [5.74, 6) is -1.28. The summed E-state index contributed by atoms with van der Waals surface area (Å²) in [6.45, 7) is 5.03. The molecule has 1 heterocycles. The van der Waals surface area contributed by atoms with Crippen molar-refractivity contribution >= 4 is 11.7 Å². The van der Waals surface area contributed by atoms with Crippen LogP contribution in [0.3, 0.4) is 0 Å². The molecule has 0 aromatic heterocycles. The Morgan fingerprint density at radius 1 is 1.39 bits per heavy atom. The maximum Gasteiger partial charge on any atom is 0.265 e. The summed E-state index contributed by atoms with van der Waals surface area (Å²) in [5, 5.41) is 21.6. The van der Waals surface area contributed by atoms with Gasteiger partial charge >= 0.3 is 0 Å². The van der Waals surface area contributed by atoms with Gasteiger partial charge in [0.25, 0.3) is 5.91 Å². The van der Waals surface area contributed by atoms with Crippen LogP contribution in [0.25, 0.3) is 0 Å². The number of hydrogen-bond acceptors (Lipinski definition) is 4. The van der Waals surface area contributed by atoms with Gasteiger partial charge in [0.2, 0.25) is 11.4 Å². The van der Waals surface area contributed by atoms with Crippen LogP contribution in [0, 0.1) is 0 Å². The first kappa shape index (κ1) is 14.6. The first-order valence-electron chi connectivity index (χ1n) is 5.88. The van der Waals surface area contributed by atoms with Crippen LogP contribution in [-0.4, -0.2) is 33.6 Å². The van der Waals surface area contributed by atoms with Gasteiger partial charge in [0.15, 0.2) is 0 Å². The Morgan fingerprint density at radius 2 is 2.00 bits per heavy atom. The fraction of sp³-hybridized carbons (Fsp3) is 0.538. The van der Waals surface area contributed by atoms with Crippen LogP contribution in [0.1, 0.15) is 33.6 Å². The topological polar surface area (TPSA) is 86.6 Å². The van der Waals surface area contributed by atoms with E-state index in [2.05, 4.69) is 5.32 Å². The van der Waals surface area contributed by atoms with Gasteiger partial charge in [-0.15, -0.1) is 0 Å². The summed E-state index contributed by atoms with van der Waals surface area (Å²) in [7, 11) is 0. The number of hydrogen-bond donors (Lipinski definition) is 3. The summed E-state index contributed by atoms with van der Waals surface area (Å²) >= 11 is 0. The molecule has 1 amide bonds. The van der Waals surface area contributed by atoms with E-state index in [1.807, 2.05) is 0 Å². The van der Waals surface area contributed by atoms with E-state index in [4.69, 9.17) is 5.11 Å². The predicted octanol–water partition coefficient (Wildman–Crippen LogP) is 0.427. The van der Waals surface area contributed by atoms with E-state index in [9.17, 15) is 14.7 Å². The van der Waals surface area contributed by atoms with E-state index >= 15 is 0 Å². The number of amides is 1. The Balaban J connectivity index is 2.81. The summed E-state index contributed by atoms with van der Waals surface area (Å²) in [6, 6.07) is 0. The molecular weight excluding hydrogens is 234 g/mol. The molecule has 1 fully saturated rings. The van der Waals surface area contributed by atoms with Crippen molar-refractivity contribution in [3.63, 3.8) is 0 Å². The zero-order valence-corrected chi connectivity index (χ0v) is 10.9. The molecule has 0 bridgehead atoms. The first-order chi connectivity index (χ1) is 8.29. The number of aliphatic hydroxyl groups excluding tert-OH is 1. The molecule has 1 aliphatic heterocycles. The Morgan fingerprint density at radius 3 is 2.44 bits per heavy atom. The van der Waals surface area contributed by atoms with Crippen molar-refractivity contribution in [2.45, 2.75) is 45.3 Å². The number of ketones is 1. The lowest BCUT2D eigenvalue weighted by Crippen LogP contribution is -2.42. The monoisotopic (exact) mass is 253 g/mol. The second kappa shape index (κ2) is 5.46. The van der Waals surface area contributed by atoms with Gasteiger partial charge in [-0.05, 0) is 32.8 Å². The third-order valence-corrected chi connectivity index (χ3v) is 2.77. The minimum Gasteiger partial charge on any atom is -0.393 e. The molecule has 3 N–H and O–H groups in total. The number of rotatable bonds is 4. The predicted molar refractivity (Wildman–Crippen MR) is 66.5 cm³/mol. The summed E-state index contributed by atoms with van der Waals surface area (Å²) < 4.78 is 0. The van der Waals surface area contributed by atoms with Crippen LogP contribution in [-0.2, 0) is 9.59 Å². The van der Waals surface area contributed by atoms with Crippen molar-refractivity contribution in [2.75, 3.05) is 0 Å². The van der Waals surface area contributed by atoms with Crippen LogP contribution in [0.2, 0.25) is 0 Å². The van der Waals surface area contributed by atoms with Gasteiger partial charge in [0.1, 0.15) is 0 Å². The molecule has 0 aromatic rings. The van der Waals surface area contributed by atoms with E-state index in [1.165, 1.54) is 6.08 Å². The van der Waals surface area contributed by atoms with Gasteiger partial charge in [-0.3, -0.25) is 9.59 Å². The molecule has 5 nitrogen and oxygen atoms in total. The Hall–Kier alpha value is -1.46. The van der Waals surface area contributed by atoms with E-state index in [1.54, 1.807) is 26.8 Å². The number of aliphatic hydroxyl groups is 2. The largest absolute Gasteiger partial charge is 0.393 e. The fourth-order valence-corrected chi connectivity index (χ4v) is 1.67. The first-order valence-corrected chi connectivity index (χ1v) is 5.88. The zero-order chi connectivity index (χ0) is 13.9. The van der Waals surface area contributed by atoms with Gasteiger partial charge < -0.3 is 15.5 Å². The van der Waals surface area contributed by atoms with Gasteiger partial charge in [0, 0.05) is 6.42 Å². The van der Waals surface area contributed by atoms with E-state index < -0.39 is 23.4 Å². The highest BCUT2D eigenvalue weighted by Crippen LogP contribution is 2.25. The fourth-order valence-electron chi connectivity index (χ4n) is 1.67. The highest BCUT2D eigenvalue weighted by atomic mass is 16.3. The molecule has 0 unspecified atom stereocenters. The van der Waals surface area contributed by atoms with Gasteiger partial charge in [-0.25, -0.2) is 0 Å². The Labute approximate surface area is 106 Å². The Kier molecular flexibility index (Phi) is 4.43. The normalized spacial score (nSPS) is 25.7.